The summed E-state index contributed by atoms with van der Waals surface area (Å²) in [7, 11) is 0. The molecule has 3 aromatic carbocycles. The van der Waals surface area contributed by atoms with Gasteiger partial charge in [0.15, 0.2) is 5.78 Å². The minimum Gasteiger partial charge on any atom is -1.00 e. The minimum atomic E-state index is -4.51. The van der Waals surface area contributed by atoms with Gasteiger partial charge in [-0.05, 0) is 30.5 Å². The smallest absolute Gasteiger partial charge is 1.00 e. The summed E-state index contributed by atoms with van der Waals surface area (Å²) in [4.78, 5) is 15.3. The van der Waals surface area contributed by atoms with E-state index in [2.05, 4.69) is 6.92 Å². The number of benzene rings is 3. The van der Waals surface area contributed by atoms with Crippen LogP contribution in [0.4, 0.5) is 13.2 Å². The first kappa shape index (κ1) is 27.7. The van der Waals surface area contributed by atoms with E-state index in [1.165, 1.54) is 12.1 Å². The molecule has 2 nitrogen and oxygen atoms in total. The number of carbonyl (C=O) groups is 1. The number of halogens is 4. The molecule has 0 N–H and O–H groups in total. The van der Waals surface area contributed by atoms with Crippen LogP contribution in [0.5, 0.6) is 0 Å². The van der Waals surface area contributed by atoms with E-state index in [9.17, 15) is 18.0 Å². The monoisotopic (exact) mass is 703 g/mol. The summed E-state index contributed by atoms with van der Waals surface area (Å²) in [5, 5.41) is 0. The first-order valence-corrected chi connectivity index (χ1v) is 10.2. The Morgan fingerprint density at radius 1 is 0.909 bits per heavy atom. The van der Waals surface area contributed by atoms with Gasteiger partial charge < -0.3 is 17.0 Å². The first-order chi connectivity index (χ1) is 14.9. The number of Topliss-reactive ketones (excluding diaryl/α,β-unsaturated/α-hetero) is 1. The summed E-state index contributed by atoms with van der Waals surface area (Å²) in [5.74, 6) is -0.760. The van der Waals surface area contributed by atoms with Crippen LogP contribution in [0.3, 0.4) is 0 Å². The molecular weight excluding hydrogens is 680 g/mol. The van der Waals surface area contributed by atoms with Gasteiger partial charge in [-0.2, -0.15) is 13.2 Å². The zero-order valence-electron chi connectivity index (χ0n) is 18.0. The fourth-order valence-corrected chi connectivity index (χ4v) is 4.51. The van der Waals surface area contributed by atoms with Crippen LogP contribution < -0.4 is 17.0 Å². The van der Waals surface area contributed by atoms with E-state index in [0.717, 1.165) is 11.6 Å². The molecule has 1 saturated heterocycles. The summed E-state index contributed by atoms with van der Waals surface area (Å²) in [5.41, 5.74) is 0.915. The number of hydrogen-bond donors (Lipinski definition) is 0. The van der Waals surface area contributed by atoms with Gasteiger partial charge in [-0.3, -0.25) is 9.69 Å². The third-order valence-electron chi connectivity index (χ3n) is 5.92. The fourth-order valence-electron chi connectivity index (χ4n) is 4.51. The standard InChI is InChI=1S/C26H23F3NO.BrH.Hg/c1-18-16-22(25(31)20-12-6-3-7-13-20)24(30(18)17-19-10-4-2-5-11-19)21-14-8-9-15-23(21)26(27,28)29;;/h2-15,18,22,24H,1,16-17H2;1H;/q;;+1/p-1/t18-,22-,24-;;/m0../s1. The van der Waals surface area contributed by atoms with Crippen LogP contribution in [-0.4, -0.2) is 16.7 Å². The molecule has 1 fully saturated rings. The van der Waals surface area contributed by atoms with Crippen molar-refractivity contribution in [2.45, 2.75) is 31.2 Å². The Morgan fingerprint density at radius 3 is 2.06 bits per heavy atom. The second kappa shape index (κ2) is 11.8. The Bertz CT molecular complexity index is 1050. The van der Waals surface area contributed by atoms with Crippen molar-refractivity contribution in [2.24, 2.45) is 5.92 Å². The number of rotatable bonds is 5. The van der Waals surface area contributed by atoms with Gasteiger partial charge in [-0.25, -0.2) is 0 Å². The van der Waals surface area contributed by atoms with Crippen molar-refractivity contribution in [3.05, 3.63) is 114 Å². The van der Waals surface area contributed by atoms with Gasteiger partial charge in [-0.1, -0.05) is 78.9 Å². The van der Waals surface area contributed by atoms with Crippen molar-refractivity contribution in [3.8, 4) is 0 Å². The van der Waals surface area contributed by atoms with Crippen LogP contribution in [0.25, 0.3) is 0 Å². The molecule has 3 atom stereocenters. The van der Waals surface area contributed by atoms with Gasteiger partial charge in [0, 0.05) is 30.1 Å². The molecule has 0 spiro atoms. The fraction of sp³-hybridized carbons (Fsp3) is 0.231. The van der Waals surface area contributed by atoms with Crippen LogP contribution in [0, 0.1) is 12.8 Å². The normalized spacial score (nSPS) is 20.5. The Labute approximate surface area is 223 Å². The molecule has 7 heteroatoms. The zero-order valence-corrected chi connectivity index (χ0v) is 25.1. The summed E-state index contributed by atoms with van der Waals surface area (Å²) >= 11 is 0. The number of alkyl halides is 3. The van der Waals surface area contributed by atoms with Crippen LogP contribution in [-0.2, 0) is 40.4 Å². The maximum atomic E-state index is 13.9. The Morgan fingerprint density at radius 2 is 1.45 bits per heavy atom. The largest absolute Gasteiger partial charge is 1.00 e. The third-order valence-corrected chi connectivity index (χ3v) is 5.92. The average Bonchev–Trinajstić information content (AvgIpc) is 3.10. The molecule has 1 aliphatic rings. The van der Waals surface area contributed by atoms with Crippen LogP contribution in [0.1, 0.15) is 39.5 Å². The number of ketones is 1. The second-order valence-corrected chi connectivity index (χ2v) is 7.91. The summed E-state index contributed by atoms with van der Waals surface area (Å²) < 4.78 is 41.7. The Balaban J connectivity index is 0.00000193. The van der Waals surface area contributed by atoms with Crippen LogP contribution in [0.2, 0.25) is 0 Å². The van der Waals surface area contributed by atoms with Gasteiger partial charge in [0.1, 0.15) is 0 Å². The van der Waals surface area contributed by atoms with E-state index in [0.29, 0.717) is 18.5 Å². The van der Waals surface area contributed by atoms with Crippen LogP contribution >= 0.6 is 0 Å². The topological polar surface area (TPSA) is 20.3 Å². The second-order valence-electron chi connectivity index (χ2n) is 7.91. The van der Waals surface area contributed by atoms with Crippen molar-refractivity contribution < 1.29 is 62.6 Å². The number of nitrogens with zero attached hydrogens (tertiary/aromatic N) is 1. The van der Waals surface area contributed by atoms with E-state index >= 15 is 0 Å². The van der Waals surface area contributed by atoms with E-state index in [4.69, 9.17) is 0 Å². The maximum absolute atomic E-state index is 13.9. The number of likely N-dealkylation sites (tertiary alicyclic amines) is 1. The molecule has 1 heterocycles. The minimum absolute atomic E-state index is 0. The van der Waals surface area contributed by atoms with Gasteiger partial charge in [0.2, 0.25) is 0 Å². The van der Waals surface area contributed by atoms with E-state index in [-0.39, 0.29) is 62.0 Å². The van der Waals surface area contributed by atoms with E-state index in [1.54, 1.807) is 30.3 Å². The van der Waals surface area contributed by atoms with Gasteiger partial charge >= 0.3 is 33.8 Å². The quantitative estimate of drug-likeness (QED) is 0.301. The van der Waals surface area contributed by atoms with Crippen LogP contribution in [0.15, 0.2) is 84.9 Å². The average molecular weight is 703 g/mol. The van der Waals surface area contributed by atoms with Gasteiger partial charge in [-0.15, -0.1) is 0 Å². The van der Waals surface area contributed by atoms with E-state index < -0.39 is 23.7 Å². The number of carbonyl (C=O) groups excluding carboxylic acids is 1. The zero-order chi connectivity index (χ0) is 22.0. The van der Waals surface area contributed by atoms with E-state index in [1.807, 2.05) is 41.3 Å². The van der Waals surface area contributed by atoms with Crippen molar-refractivity contribution >= 4 is 5.78 Å². The molecule has 33 heavy (non-hydrogen) atoms. The molecule has 2 radical (unpaired) electrons. The predicted octanol–water partition coefficient (Wildman–Crippen LogP) is 3.36. The van der Waals surface area contributed by atoms with Crippen molar-refractivity contribution in [1.29, 1.82) is 0 Å². The third kappa shape index (κ3) is 6.14. The summed E-state index contributed by atoms with van der Waals surface area (Å²) in [6.45, 7) is 4.62. The van der Waals surface area contributed by atoms with Crippen molar-refractivity contribution in [3.63, 3.8) is 0 Å². The molecule has 1 aliphatic heterocycles. The molecule has 0 amide bonds. The molecule has 0 bridgehead atoms. The molecule has 0 aromatic heterocycles. The summed E-state index contributed by atoms with van der Waals surface area (Å²) in [6.07, 6.45) is -4.11. The number of hydrogen-bond acceptors (Lipinski definition) is 2. The molecule has 0 aliphatic carbocycles. The van der Waals surface area contributed by atoms with Gasteiger partial charge in [0.25, 0.3) is 0 Å². The maximum Gasteiger partial charge on any atom is 1.00 e. The molecule has 4 rings (SSSR count). The predicted molar refractivity (Wildman–Crippen MR) is 114 cm³/mol. The molecule has 0 unspecified atom stereocenters. The Kier molecular flexibility index (Phi) is 9.89. The Hall–Kier alpha value is -1.50. The molecular formula is C26H23BrF3HgNO. The first-order valence-electron chi connectivity index (χ1n) is 10.2. The molecule has 0 saturated carbocycles. The molecule has 3 aromatic rings. The molecule has 168 valence electrons. The van der Waals surface area contributed by atoms with Crippen molar-refractivity contribution in [2.75, 3.05) is 0 Å². The van der Waals surface area contributed by atoms with Gasteiger partial charge in [0.05, 0.1) is 5.56 Å². The summed E-state index contributed by atoms with van der Waals surface area (Å²) in [6, 6.07) is 22.9. The van der Waals surface area contributed by atoms with Crippen molar-refractivity contribution in [1.82, 2.24) is 4.90 Å². The SMILES string of the molecule is [Br-].[CH2][C@H]1C[C@H](C(=O)c2ccccc2)[C@H](c2ccccc2C(F)(F)F)N1Cc1ccccc1.[Hg+].